The van der Waals surface area contributed by atoms with Crippen molar-refractivity contribution in [3.8, 4) is 0 Å². The van der Waals surface area contributed by atoms with Crippen LogP contribution in [0.1, 0.15) is 73.6 Å². The maximum atomic E-state index is 11.6. The third kappa shape index (κ3) is 7.96. The number of ether oxygens (including phenoxy) is 1. The average molecular weight is 444 g/mol. The number of hydrogen-bond acceptors (Lipinski definition) is 4. The van der Waals surface area contributed by atoms with Crippen molar-refractivity contribution >= 4 is 22.4 Å². The van der Waals surface area contributed by atoms with Crippen molar-refractivity contribution < 1.29 is 14.0 Å². The molecule has 0 aliphatic rings. The van der Waals surface area contributed by atoms with Crippen LogP contribution in [0.4, 0.5) is 0 Å². The Morgan fingerprint density at radius 1 is 1.03 bits per heavy atom. The molecule has 0 rings (SSSR count). The molecule has 0 aromatic carbocycles. The molecular weight excluding hydrogens is 394 g/mol. The molecule has 0 spiro atoms. The molecule has 0 aliphatic carbocycles. The zero-order valence-electron chi connectivity index (χ0n) is 21.1. The van der Waals surface area contributed by atoms with E-state index in [4.69, 9.17) is 9.16 Å². The van der Waals surface area contributed by atoms with E-state index in [0.29, 0.717) is 12.2 Å². The largest absolute Gasteiger partial charge is 0.462 e. The monoisotopic (exact) mass is 443 g/mol. The minimum absolute atomic E-state index is 0.0557. The van der Waals surface area contributed by atoms with Crippen LogP contribution in [0.25, 0.3) is 0 Å². The molecule has 2 atom stereocenters. The van der Waals surface area contributed by atoms with Crippen molar-refractivity contribution in [3.05, 3.63) is 12.2 Å². The van der Waals surface area contributed by atoms with Gasteiger partial charge in [-0.1, -0.05) is 52.9 Å². The van der Waals surface area contributed by atoms with Crippen LogP contribution in [-0.2, 0) is 14.0 Å². The minimum atomic E-state index is -2.03. The van der Waals surface area contributed by atoms with Gasteiger partial charge in [-0.25, -0.2) is 4.79 Å². The van der Waals surface area contributed by atoms with Crippen LogP contribution >= 0.6 is 0 Å². The van der Waals surface area contributed by atoms with E-state index in [1.807, 2.05) is 0 Å². The molecule has 0 fully saturated rings. The maximum Gasteiger partial charge on any atom is 0.333 e. The molecule has 2 unspecified atom stereocenters. The molecule has 172 valence electrons. The normalized spacial score (nSPS) is 16.8. The lowest BCUT2D eigenvalue weighted by Gasteiger charge is -2.52. The summed E-state index contributed by atoms with van der Waals surface area (Å²) in [5, 5.41) is 3.81. The number of esters is 1. The van der Waals surface area contributed by atoms with Gasteiger partial charge in [0.05, 0.1) is 14.7 Å². The van der Waals surface area contributed by atoms with Crippen molar-refractivity contribution in [3.63, 3.8) is 0 Å². The number of nitrogens with one attached hydrogen (secondary N) is 1. The van der Waals surface area contributed by atoms with Gasteiger partial charge in [0.25, 0.3) is 0 Å². The second kappa shape index (κ2) is 11.8. The third-order valence-corrected chi connectivity index (χ3v) is 16.5. The van der Waals surface area contributed by atoms with Gasteiger partial charge in [0.1, 0.15) is 0 Å². The van der Waals surface area contributed by atoms with Crippen LogP contribution in [0.2, 0.25) is 32.2 Å². The van der Waals surface area contributed by atoms with Gasteiger partial charge in [0, 0.05) is 16.0 Å². The minimum Gasteiger partial charge on any atom is -0.462 e. The van der Waals surface area contributed by atoms with Gasteiger partial charge in [0.15, 0.2) is 0 Å². The molecule has 0 bridgehead atoms. The first-order valence-corrected chi connectivity index (χ1v) is 17.6. The maximum absolute atomic E-state index is 11.6. The number of unbranched alkanes of at least 4 members (excludes halogenated alkanes) is 1. The summed E-state index contributed by atoms with van der Waals surface area (Å²) in [5.41, 5.74) is 0.463. The third-order valence-electron chi connectivity index (χ3n) is 7.20. The van der Waals surface area contributed by atoms with Gasteiger partial charge in [0.2, 0.25) is 8.32 Å². The summed E-state index contributed by atoms with van der Waals surface area (Å²) in [4.78, 5) is 11.6. The fourth-order valence-corrected chi connectivity index (χ4v) is 11.0. The predicted octanol–water partition coefficient (Wildman–Crippen LogP) is 6.23. The molecule has 1 N–H and O–H groups in total. The molecule has 0 amide bonds. The number of rotatable bonds is 15. The number of carbonyl (C=O) groups is 1. The second-order valence-corrected chi connectivity index (χ2v) is 19.7. The Bertz CT molecular complexity index is 536. The Kier molecular flexibility index (Phi) is 11.6. The quantitative estimate of drug-likeness (QED) is 0.141. The van der Waals surface area contributed by atoms with Crippen LogP contribution < -0.4 is 5.32 Å². The van der Waals surface area contributed by atoms with Gasteiger partial charge in [-0.2, -0.15) is 0 Å². The lowest BCUT2D eigenvalue weighted by molar-refractivity contribution is -0.138. The lowest BCUT2D eigenvalue weighted by atomic mass is 10.2. The highest BCUT2D eigenvalue weighted by Gasteiger charge is 2.51. The summed E-state index contributed by atoms with van der Waals surface area (Å²) in [6.07, 6.45) is 5.39. The molecule has 4 nitrogen and oxygen atoms in total. The van der Waals surface area contributed by atoms with Crippen molar-refractivity contribution in [1.82, 2.24) is 5.32 Å². The Labute approximate surface area is 183 Å². The Balaban J connectivity index is 5.23. The number of hydrogen-bond donors (Lipinski definition) is 1. The van der Waals surface area contributed by atoms with Crippen molar-refractivity contribution in [2.75, 3.05) is 13.2 Å². The van der Waals surface area contributed by atoms with Gasteiger partial charge in [-0.05, 0) is 66.1 Å². The fourth-order valence-electron chi connectivity index (χ4n) is 3.74. The molecule has 0 radical (unpaired) electrons. The average Bonchev–Trinajstić information content (AvgIpc) is 2.64. The van der Waals surface area contributed by atoms with Crippen LogP contribution in [0.5, 0.6) is 0 Å². The first-order valence-electron chi connectivity index (χ1n) is 11.5. The van der Waals surface area contributed by atoms with Crippen molar-refractivity contribution in [1.29, 1.82) is 0 Å². The van der Waals surface area contributed by atoms with E-state index in [-0.39, 0.29) is 16.4 Å². The Hall–Kier alpha value is -0.436. The smallest absolute Gasteiger partial charge is 0.333 e. The zero-order chi connectivity index (χ0) is 22.9. The van der Waals surface area contributed by atoms with Crippen molar-refractivity contribution in [2.24, 2.45) is 0 Å². The summed E-state index contributed by atoms with van der Waals surface area (Å²) in [7, 11) is -3.75. The summed E-state index contributed by atoms with van der Waals surface area (Å²) >= 11 is 0. The Morgan fingerprint density at radius 2 is 1.62 bits per heavy atom. The van der Waals surface area contributed by atoms with Gasteiger partial charge in [-0.15, -0.1) is 0 Å². The first kappa shape index (κ1) is 28.6. The zero-order valence-corrected chi connectivity index (χ0v) is 23.1. The molecule has 0 heterocycles. The van der Waals surface area contributed by atoms with E-state index in [1.54, 1.807) is 6.92 Å². The molecule has 29 heavy (non-hydrogen) atoms. The van der Waals surface area contributed by atoms with Crippen LogP contribution in [0.15, 0.2) is 12.2 Å². The summed E-state index contributed by atoms with van der Waals surface area (Å²) in [5.74, 6) is -0.288. The Morgan fingerprint density at radius 3 is 2.07 bits per heavy atom. The molecule has 0 saturated carbocycles. The second-order valence-electron chi connectivity index (χ2n) is 10.1. The standard InChI is InChI=1S/C23H49NO3Si2/c1-12-15-17-24-22(6,13-2)29(10,11)27-23(7,14-3)28(8,9)19-16-18-26-21(25)20(4)5/h24H,4,12-19H2,1-3,5-11H3. The molecule has 6 heteroatoms. The topological polar surface area (TPSA) is 47.6 Å². The van der Waals surface area contributed by atoms with Crippen LogP contribution in [0, 0.1) is 0 Å². The summed E-state index contributed by atoms with van der Waals surface area (Å²) < 4.78 is 12.5. The highest BCUT2D eigenvalue weighted by Crippen LogP contribution is 2.38. The summed E-state index contributed by atoms with van der Waals surface area (Å²) in [6, 6.07) is 1.08. The highest BCUT2D eigenvalue weighted by atomic mass is 28.4. The fraction of sp³-hybridized carbons (Fsp3) is 0.870. The van der Waals surface area contributed by atoms with E-state index in [0.717, 1.165) is 31.9 Å². The SMILES string of the molecule is C=C(C)C(=O)OCCC[Si](C)(C)C(C)(CC)O[Si](C)(C)C(C)(CC)NCCCC. The predicted molar refractivity (Wildman–Crippen MR) is 132 cm³/mol. The molecule has 0 aliphatic heterocycles. The first-order chi connectivity index (χ1) is 13.2. The van der Waals surface area contributed by atoms with E-state index in [9.17, 15) is 4.79 Å². The van der Waals surface area contributed by atoms with E-state index < -0.39 is 16.4 Å². The van der Waals surface area contributed by atoms with Crippen LogP contribution in [0.3, 0.4) is 0 Å². The molecule has 0 aromatic heterocycles. The summed E-state index contributed by atoms with van der Waals surface area (Å²) in [6.45, 7) is 27.9. The van der Waals surface area contributed by atoms with Crippen molar-refractivity contribution in [2.45, 2.75) is 116 Å². The lowest BCUT2D eigenvalue weighted by Crippen LogP contribution is -2.68. The number of carbonyl (C=O) groups excluding carboxylic acids is 1. The van der Waals surface area contributed by atoms with E-state index >= 15 is 0 Å². The molecule has 0 saturated heterocycles. The van der Waals surface area contributed by atoms with Gasteiger partial charge >= 0.3 is 5.97 Å². The van der Waals surface area contributed by atoms with Crippen LogP contribution in [-0.4, -0.2) is 45.9 Å². The molecule has 0 aromatic rings. The molecular formula is C23H49NO3Si2. The van der Waals surface area contributed by atoms with E-state index in [2.05, 4.69) is 72.7 Å². The van der Waals surface area contributed by atoms with E-state index in [1.165, 1.54) is 12.8 Å². The highest BCUT2D eigenvalue weighted by molar-refractivity contribution is 6.82. The van der Waals surface area contributed by atoms with Gasteiger partial charge in [-0.3, -0.25) is 0 Å². The van der Waals surface area contributed by atoms with Gasteiger partial charge < -0.3 is 14.5 Å².